The molecule has 0 spiro atoms. The number of hydrogen-bond donors (Lipinski definition) is 0. The van der Waals surface area contributed by atoms with E-state index in [0.717, 1.165) is 51.4 Å². The second-order valence-electron chi connectivity index (χ2n) is 4.23. The Morgan fingerprint density at radius 1 is 0.429 bits per heavy atom. The smallest absolute Gasteiger partial charge is 0 e. The van der Waals surface area contributed by atoms with Crippen LogP contribution < -0.4 is 20.4 Å². The maximum absolute atomic E-state index is 9.53. The van der Waals surface area contributed by atoms with Crippen LogP contribution in [0.5, 0.6) is 0 Å². The molecule has 132 valence electrons. The molecule has 0 bridgehead atoms. The summed E-state index contributed by atoms with van der Waals surface area (Å²) in [5.74, 6) is 0. The molecule has 0 saturated heterocycles. The van der Waals surface area contributed by atoms with Crippen LogP contribution in [0.4, 0.5) is 0 Å². The maximum atomic E-state index is 9.53. The summed E-state index contributed by atoms with van der Waals surface area (Å²) in [7, 11) is 0. The molecule has 0 N–H and O–H groups in total. The second kappa shape index (κ2) is 49.9. The van der Waals surface area contributed by atoms with Crippen molar-refractivity contribution in [2.24, 2.45) is 0 Å². The van der Waals surface area contributed by atoms with Crippen molar-refractivity contribution in [2.75, 3.05) is 26.4 Å². The van der Waals surface area contributed by atoms with Crippen LogP contribution >= 0.6 is 0 Å². The van der Waals surface area contributed by atoms with Crippen LogP contribution in [0.3, 0.4) is 0 Å². The molecule has 4 nitrogen and oxygen atoms in total. The van der Waals surface area contributed by atoms with E-state index in [1.165, 1.54) is 0 Å². The summed E-state index contributed by atoms with van der Waals surface area (Å²) in [6, 6.07) is 0. The first kappa shape index (κ1) is 33.2. The molecule has 0 rings (SSSR count). The monoisotopic (exact) mass is 340 g/mol. The molecule has 0 aliphatic rings. The van der Waals surface area contributed by atoms with Gasteiger partial charge in [-0.1, -0.05) is 79.1 Å². The molecule has 0 atom stereocenters. The van der Waals surface area contributed by atoms with Crippen molar-refractivity contribution in [3.63, 3.8) is 0 Å². The number of rotatable bonds is 8. The van der Waals surface area contributed by atoms with E-state index in [9.17, 15) is 20.4 Å². The molecule has 0 radical (unpaired) electrons. The topological polar surface area (TPSA) is 92.2 Å². The summed E-state index contributed by atoms with van der Waals surface area (Å²) < 4.78 is 0. The molecule has 0 aromatic carbocycles. The summed E-state index contributed by atoms with van der Waals surface area (Å²) in [4.78, 5) is 0. The van der Waals surface area contributed by atoms with E-state index in [-0.39, 0.29) is 48.1 Å². The van der Waals surface area contributed by atoms with E-state index in [0.29, 0.717) is 0 Å². The van der Waals surface area contributed by atoms with E-state index in [1.807, 2.05) is 27.7 Å². The Morgan fingerprint density at radius 2 is 0.571 bits per heavy atom. The third-order valence-electron chi connectivity index (χ3n) is 1.99. The van der Waals surface area contributed by atoms with Gasteiger partial charge in [0, 0.05) is 21.7 Å². The second-order valence-corrected chi connectivity index (χ2v) is 4.23. The quantitative estimate of drug-likeness (QED) is 0.604. The molecule has 0 aliphatic carbocycles. The van der Waals surface area contributed by atoms with E-state index in [4.69, 9.17) is 0 Å². The van der Waals surface area contributed by atoms with E-state index in [1.54, 1.807) is 0 Å². The summed E-state index contributed by atoms with van der Waals surface area (Å²) >= 11 is 0. The van der Waals surface area contributed by atoms with Gasteiger partial charge in [-0.15, -0.1) is 26.4 Å². The van der Waals surface area contributed by atoms with Gasteiger partial charge in [0.2, 0.25) is 0 Å². The van der Waals surface area contributed by atoms with Crippen LogP contribution in [0.15, 0.2) is 0 Å². The van der Waals surface area contributed by atoms with Crippen molar-refractivity contribution in [1.82, 2.24) is 0 Å². The van der Waals surface area contributed by atoms with Gasteiger partial charge in [0.15, 0.2) is 0 Å². The molecule has 5 heteroatoms. The molecule has 0 aliphatic heterocycles. The van der Waals surface area contributed by atoms with Gasteiger partial charge in [-0.2, -0.15) is 0 Å². The van der Waals surface area contributed by atoms with Crippen LogP contribution in [0.25, 0.3) is 0 Å². The van der Waals surface area contributed by atoms with Gasteiger partial charge in [-0.25, -0.2) is 0 Å². The average molecular weight is 340 g/mol. The van der Waals surface area contributed by atoms with Gasteiger partial charge in [0.05, 0.1) is 0 Å². The molecule has 0 heterocycles. The van der Waals surface area contributed by atoms with Crippen molar-refractivity contribution in [2.45, 2.75) is 79.1 Å². The van der Waals surface area contributed by atoms with E-state index in [2.05, 4.69) is 0 Å². The van der Waals surface area contributed by atoms with Gasteiger partial charge >= 0.3 is 0 Å². The minimum Gasteiger partial charge on any atom is -0.854 e. The van der Waals surface area contributed by atoms with Gasteiger partial charge in [-0.3, -0.25) is 0 Å². The van der Waals surface area contributed by atoms with E-state index >= 15 is 0 Å². The first-order chi connectivity index (χ1) is 9.66. The molecule has 0 aromatic heterocycles. The fourth-order valence-electron chi connectivity index (χ4n) is 0.577. The van der Waals surface area contributed by atoms with Crippen molar-refractivity contribution < 1.29 is 42.1 Å². The van der Waals surface area contributed by atoms with E-state index < -0.39 is 0 Å². The first-order valence-electron chi connectivity index (χ1n) is 7.98. The predicted molar refractivity (Wildman–Crippen MR) is 79.1 cm³/mol. The van der Waals surface area contributed by atoms with Crippen molar-refractivity contribution in [1.29, 1.82) is 0 Å². The molecule has 0 fully saturated rings. The van der Waals surface area contributed by atoms with Crippen molar-refractivity contribution in [3.05, 3.63) is 0 Å². The van der Waals surface area contributed by atoms with Crippen LogP contribution in [0.1, 0.15) is 79.1 Å². The van der Waals surface area contributed by atoms with Gasteiger partial charge in [0.25, 0.3) is 0 Å². The largest absolute Gasteiger partial charge is 0.854 e. The standard InChI is InChI=1S/4C4H9O.Ti/c4*1-2-3-4-5;/h4*2-4H2,1H3;/q4*-1;. The number of unbranched alkanes of at least 4 members (excludes halogenated alkanes) is 4. The fourth-order valence-corrected chi connectivity index (χ4v) is 0.577. The SMILES string of the molecule is CCCC[O-].CCCC[O-].CCCC[O-].CCCC[O-].[Ti]. The van der Waals surface area contributed by atoms with Crippen molar-refractivity contribution >= 4 is 0 Å². The Hall–Kier alpha value is 0.554. The molecular formula is C16H36O4Ti-4. The van der Waals surface area contributed by atoms with Gasteiger partial charge in [0.1, 0.15) is 0 Å². The fraction of sp³-hybridized carbons (Fsp3) is 1.00. The van der Waals surface area contributed by atoms with Gasteiger partial charge in [-0.05, 0) is 0 Å². The third kappa shape index (κ3) is 96.7. The summed E-state index contributed by atoms with van der Waals surface area (Å²) in [5, 5.41) is 38.1. The van der Waals surface area contributed by atoms with Crippen LogP contribution in [0, 0.1) is 0 Å². The van der Waals surface area contributed by atoms with Gasteiger partial charge < -0.3 is 20.4 Å². The Labute approximate surface area is 147 Å². The van der Waals surface area contributed by atoms with Crippen LogP contribution in [0.2, 0.25) is 0 Å². The molecule has 0 unspecified atom stereocenters. The summed E-state index contributed by atoms with van der Waals surface area (Å²) in [6.45, 7) is 8.42. The Morgan fingerprint density at radius 3 is 0.571 bits per heavy atom. The Bertz CT molecular complexity index is 74.3. The zero-order chi connectivity index (χ0) is 16.5. The predicted octanol–water partition coefficient (Wildman–Crippen LogP) is 0.585. The minimum absolute atomic E-state index is 0. The average Bonchev–Trinajstić information content (AvgIpc) is 2.44. The summed E-state index contributed by atoms with van der Waals surface area (Å²) in [5.41, 5.74) is 0. The maximum Gasteiger partial charge on any atom is 0 e. The molecule has 0 aromatic rings. The Kier molecular flexibility index (Phi) is 78.9. The molecule has 0 saturated carbocycles. The Balaban J connectivity index is -0.0000000533. The molecule has 21 heavy (non-hydrogen) atoms. The molecule has 0 amide bonds. The molecular weight excluding hydrogens is 304 g/mol. The number of hydrogen-bond acceptors (Lipinski definition) is 4. The minimum atomic E-state index is 0. The zero-order valence-corrected chi connectivity index (χ0v) is 16.2. The summed E-state index contributed by atoms with van der Waals surface area (Å²) in [6.07, 6.45) is 7.46. The van der Waals surface area contributed by atoms with Crippen LogP contribution in [-0.4, -0.2) is 26.4 Å². The first-order valence-corrected chi connectivity index (χ1v) is 7.98. The van der Waals surface area contributed by atoms with Crippen LogP contribution in [-0.2, 0) is 21.7 Å². The normalized spacial score (nSPS) is 8.00. The van der Waals surface area contributed by atoms with Crippen molar-refractivity contribution in [3.8, 4) is 0 Å². The third-order valence-corrected chi connectivity index (χ3v) is 1.99. The zero-order valence-electron chi connectivity index (χ0n) is 14.6.